The molecule has 1 fully saturated rings. The molecule has 0 bridgehead atoms. The minimum atomic E-state index is 0.670. The Hall–Kier alpha value is -0.330. The molecular formula is C8H15N. The Kier molecular flexibility index (Phi) is 2.75. The van der Waals surface area contributed by atoms with Gasteiger partial charge >= 0.3 is 0 Å². The Bertz CT molecular complexity index is 90.7. The van der Waals surface area contributed by atoms with Gasteiger partial charge in [-0.1, -0.05) is 19.3 Å². The zero-order valence-electron chi connectivity index (χ0n) is 6.14. The van der Waals surface area contributed by atoms with Crippen LogP contribution in [-0.2, 0) is 0 Å². The van der Waals surface area contributed by atoms with Gasteiger partial charge in [0.25, 0.3) is 0 Å². The zero-order valence-corrected chi connectivity index (χ0v) is 6.14. The molecule has 1 heteroatoms. The normalized spacial score (nSPS) is 23.2. The molecule has 1 nitrogen and oxygen atoms in total. The van der Waals surface area contributed by atoms with Crippen molar-refractivity contribution in [2.24, 2.45) is 4.99 Å². The maximum Gasteiger partial charge on any atom is 0.0495 e. The molecule has 0 aromatic heterocycles. The molecule has 0 amide bonds. The number of rotatable bonds is 1. The van der Waals surface area contributed by atoms with Gasteiger partial charge in [-0.15, -0.1) is 0 Å². The predicted octanol–water partition coefficient (Wildman–Crippen LogP) is 2.41. The molecule has 0 heterocycles. The molecule has 52 valence electrons. The first kappa shape index (κ1) is 6.79. The fourth-order valence-corrected chi connectivity index (χ4v) is 1.44. The van der Waals surface area contributed by atoms with Crippen LogP contribution in [0.4, 0.5) is 0 Å². The average molecular weight is 125 g/mol. The van der Waals surface area contributed by atoms with Gasteiger partial charge in [0.05, 0.1) is 0 Å². The molecule has 0 radical (unpaired) electrons. The summed E-state index contributed by atoms with van der Waals surface area (Å²) in [4.78, 5) is 4.36. The fourth-order valence-electron chi connectivity index (χ4n) is 1.44. The summed E-state index contributed by atoms with van der Waals surface area (Å²) in [6.07, 6.45) is 8.80. The molecule has 0 saturated heterocycles. The van der Waals surface area contributed by atoms with Crippen LogP contribution in [0.25, 0.3) is 0 Å². The van der Waals surface area contributed by atoms with Crippen molar-refractivity contribution in [1.82, 2.24) is 0 Å². The lowest BCUT2D eigenvalue weighted by Crippen LogP contribution is -2.08. The van der Waals surface area contributed by atoms with Gasteiger partial charge in [-0.25, -0.2) is 0 Å². The Morgan fingerprint density at radius 3 is 2.44 bits per heavy atom. The third-order valence-electron chi connectivity index (χ3n) is 1.93. The van der Waals surface area contributed by atoms with Crippen LogP contribution in [0.2, 0.25) is 0 Å². The molecule has 0 atom stereocenters. The molecular weight excluding hydrogens is 110 g/mol. The molecule has 0 aromatic carbocycles. The van der Waals surface area contributed by atoms with Gasteiger partial charge in [-0.3, -0.25) is 4.99 Å². The van der Waals surface area contributed by atoms with Crippen molar-refractivity contribution in [1.29, 1.82) is 0 Å². The lowest BCUT2D eigenvalue weighted by molar-refractivity contribution is 0.444. The third kappa shape index (κ3) is 2.17. The first-order valence-corrected chi connectivity index (χ1v) is 3.91. The minimum absolute atomic E-state index is 0.670. The van der Waals surface area contributed by atoms with Crippen LogP contribution in [0.3, 0.4) is 0 Å². The number of hydrogen-bond acceptors (Lipinski definition) is 1. The van der Waals surface area contributed by atoms with E-state index in [2.05, 4.69) is 4.99 Å². The van der Waals surface area contributed by atoms with Crippen LogP contribution >= 0.6 is 0 Å². The quantitative estimate of drug-likeness (QED) is 0.477. The van der Waals surface area contributed by atoms with Gasteiger partial charge in [-0.05, 0) is 26.0 Å². The van der Waals surface area contributed by atoms with Crippen molar-refractivity contribution in [2.75, 3.05) is 0 Å². The fraction of sp³-hybridized carbons (Fsp3) is 0.875. The van der Waals surface area contributed by atoms with Crippen molar-refractivity contribution in [3.05, 3.63) is 0 Å². The van der Waals surface area contributed by atoms with Gasteiger partial charge in [0.2, 0.25) is 0 Å². The summed E-state index contributed by atoms with van der Waals surface area (Å²) < 4.78 is 0. The second-order valence-corrected chi connectivity index (χ2v) is 2.70. The van der Waals surface area contributed by atoms with E-state index in [1.54, 1.807) is 0 Å². The summed E-state index contributed by atoms with van der Waals surface area (Å²) >= 11 is 0. The Balaban J connectivity index is 2.23. The van der Waals surface area contributed by atoms with Crippen molar-refractivity contribution in [3.63, 3.8) is 0 Å². The second-order valence-electron chi connectivity index (χ2n) is 2.70. The smallest absolute Gasteiger partial charge is 0.0495 e. The molecule has 1 saturated carbocycles. The Morgan fingerprint density at radius 1 is 1.22 bits per heavy atom. The maximum absolute atomic E-state index is 4.36. The highest BCUT2D eigenvalue weighted by molar-refractivity contribution is 5.53. The molecule has 9 heavy (non-hydrogen) atoms. The van der Waals surface area contributed by atoms with Crippen LogP contribution in [-0.4, -0.2) is 12.3 Å². The number of nitrogens with zero attached hydrogens (tertiary/aromatic N) is 1. The highest BCUT2D eigenvalue weighted by Gasteiger charge is 2.09. The summed E-state index contributed by atoms with van der Waals surface area (Å²) in [5, 5.41) is 0. The lowest BCUT2D eigenvalue weighted by atomic mass is 9.96. The van der Waals surface area contributed by atoms with Gasteiger partial charge in [0, 0.05) is 6.04 Å². The largest absolute Gasteiger partial charge is 0.295 e. The van der Waals surface area contributed by atoms with Crippen LogP contribution in [0, 0.1) is 0 Å². The molecule has 0 spiro atoms. The SMILES string of the molecule is C/C=N/C1CCCCC1. The summed E-state index contributed by atoms with van der Waals surface area (Å²) in [7, 11) is 0. The van der Waals surface area contributed by atoms with Crippen molar-refractivity contribution in [3.8, 4) is 0 Å². The number of hydrogen-bond donors (Lipinski definition) is 0. The van der Waals surface area contributed by atoms with Crippen LogP contribution in [0.15, 0.2) is 4.99 Å². The third-order valence-corrected chi connectivity index (χ3v) is 1.93. The van der Waals surface area contributed by atoms with Gasteiger partial charge in [-0.2, -0.15) is 0 Å². The van der Waals surface area contributed by atoms with E-state index in [0.717, 1.165) is 0 Å². The highest BCUT2D eigenvalue weighted by atomic mass is 14.8. The number of aliphatic imine (C=N–C) groups is 1. The molecule has 1 aliphatic carbocycles. The average Bonchev–Trinajstić information content (AvgIpc) is 1.91. The molecule has 0 aliphatic heterocycles. The molecule has 1 aliphatic rings. The second kappa shape index (κ2) is 3.65. The van der Waals surface area contributed by atoms with E-state index >= 15 is 0 Å². The first-order chi connectivity index (χ1) is 4.43. The standard InChI is InChI=1S/C8H15N/c1-2-9-8-6-4-3-5-7-8/h2,8H,3-7H2,1H3/b9-2+. The maximum atomic E-state index is 4.36. The molecule has 0 aromatic rings. The lowest BCUT2D eigenvalue weighted by Gasteiger charge is -2.16. The van der Waals surface area contributed by atoms with E-state index in [1.807, 2.05) is 13.1 Å². The van der Waals surface area contributed by atoms with Crippen LogP contribution in [0.1, 0.15) is 39.0 Å². The Labute approximate surface area is 57.2 Å². The monoisotopic (exact) mass is 125 g/mol. The molecule has 0 N–H and O–H groups in total. The van der Waals surface area contributed by atoms with E-state index < -0.39 is 0 Å². The highest BCUT2D eigenvalue weighted by Crippen LogP contribution is 2.19. The van der Waals surface area contributed by atoms with E-state index in [4.69, 9.17) is 0 Å². The minimum Gasteiger partial charge on any atom is -0.295 e. The van der Waals surface area contributed by atoms with Crippen molar-refractivity contribution in [2.45, 2.75) is 45.1 Å². The summed E-state index contributed by atoms with van der Waals surface area (Å²) in [6, 6.07) is 0.670. The first-order valence-electron chi connectivity index (χ1n) is 3.91. The van der Waals surface area contributed by atoms with E-state index in [0.29, 0.717) is 6.04 Å². The van der Waals surface area contributed by atoms with Gasteiger partial charge < -0.3 is 0 Å². The summed E-state index contributed by atoms with van der Waals surface area (Å²) in [5.74, 6) is 0. The van der Waals surface area contributed by atoms with E-state index in [1.165, 1.54) is 32.1 Å². The van der Waals surface area contributed by atoms with Crippen LogP contribution in [0.5, 0.6) is 0 Å². The van der Waals surface area contributed by atoms with E-state index in [9.17, 15) is 0 Å². The van der Waals surface area contributed by atoms with Crippen molar-refractivity contribution >= 4 is 6.21 Å². The molecule has 0 unspecified atom stereocenters. The van der Waals surface area contributed by atoms with Crippen LogP contribution < -0.4 is 0 Å². The van der Waals surface area contributed by atoms with Crippen molar-refractivity contribution < 1.29 is 0 Å². The zero-order chi connectivity index (χ0) is 6.53. The topological polar surface area (TPSA) is 12.4 Å². The molecule has 1 rings (SSSR count). The van der Waals surface area contributed by atoms with E-state index in [-0.39, 0.29) is 0 Å². The Morgan fingerprint density at radius 2 is 1.89 bits per heavy atom. The van der Waals surface area contributed by atoms with Gasteiger partial charge in [0.15, 0.2) is 0 Å². The predicted molar refractivity (Wildman–Crippen MR) is 41.0 cm³/mol. The summed E-state index contributed by atoms with van der Waals surface area (Å²) in [6.45, 7) is 2.01. The van der Waals surface area contributed by atoms with Gasteiger partial charge in [0.1, 0.15) is 0 Å². The summed E-state index contributed by atoms with van der Waals surface area (Å²) in [5.41, 5.74) is 0.